The normalized spacial score (nSPS) is 9.47. The van der Waals surface area contributed by atoms with E-state index in [1.54, 1.807) is 7.11 Å². The molecular formula is C13H16N2O2. The number of methoxy groups -OCH3 is 1. The van der Waals surface area contributed by atoms with Crippen molar-refractivity contribution in [2.24, 2.45) is 0 Å². The summed E-state index contributed by atoms with van der Waals surface area (Å²) in [5.41, 5.74) is 2.01. The number of hydrogen-bond donors (Lipinski definition) is 1. The van der Waals surface area contributed by atoms with Crippen LogP contribution in [-0.2, 0) is 17.6 Å². The smallest absolute Gasteiger partial charge is 0.225 e. The fourth-order valence-corrected chi connectivity index (χ4v) is 1.56. The molecule has 0 saturated carbocycles. The van der Waals surface area contributed by atoms with Crippen LogP contribution in [-0.4, -0.2) is 19.6 Å². The van der Waals surface area contributed by atoms with Crippen LogP contribution in [0.4, 0.5) is 0 Å². The zero-order valence-electron chi connectivity index (χ0n) is 10.1. The van der Waals surface area contributed by atoms with Gasteiger partial charge in [-0.25, -0.2) is 0 Å². The van der Waals surface area contributed by atoms with E-state index in [0.29, 0.717) is 5.75 Å². The lowest BCUT2D eigenvalue weighted by Crippen LogP contribution is -2.25. The van der Waals surface area contributed by atoms with Gasteiger partial charge in [-0.3, -0.25) is 4.79 Å². The van der Waals surface area contributed by atoms with Crippen LogP contribution in [0.25, 0.3) is 0 Å². The molecule has 1 rings (SSSR count). The van der Waals surface area contributed by atoms with Crippen molar-refractivity contribution in [1.82, 2.24) is 5.32 Å². The molecule has 0 radical (unpaired) electrons. The molecule has 0 aliphatic rings. The Balaban J connectivity index is 2.80. The maximum Gasteiger partial charge on any atom is 0.225 e. The van der Waals surface area contributed by atoms with Gasteiger partial charge in [-0.1, -0.05) is 19.1 Å². The maximum atomic E-state index is 11.5. The zero-order valence-corrected chi connectivity index (χ0v) is 10.1. The van der Waals surface area contributed by atoms with Crippen LogP contribution in [0.3, 0.4) is 0 Å². The molecule has 0 unspecified atom stereocenters. The number of ether oxygens (including phenoxy) is 1. The van der Waals surface area contributed by atoms with Crippen molar-refractivity contribution < 1.29 is 9.53 Å². The van der Waals surface area contributed by atoms with Crippen LogP contribution < -0.4 is 10.1 Å². The molecule has 0 aliphatic heterocycles. The van der Waals surface area contributed by atoms with Gasteiger partial charge in [0, 0.05) is 5.56 Å². The predicted molar refractivity (Wildman–Crippen MR) is 64.7 cm³/mol. The van der Waals surface area contributed by atoms with E-state index in [4.69, 9.17) is 10.00 Å². The molecule has 4 heteroatoms. The Morgan fingerprint density at radius 1 is 1.53 bits per heavy atom. The molecule has 0 aromatic heterocycles. The molecule has 17 heavy (non-hydrogen) atoms. The van der Waals surface area contributed by atoms with Gasteiger partial charge in [0.2, 0.25) is 5.91 Å². The van der Waals surface area contributed by atoms with Crippen molar-refractivity contribution >= 4 is 5.91 Å². The number of nitriles is 1. The molecule has 1 N–H and O–H groups in total. The van der Waals surface area contributed by atoms with E-state index >= 15 is 0 Å². The van der Waals surface area contributed by atoms with E-state index < -0.39 is 0 Å². The highest BCUT2D eigenvalue weighted by molar-refractivity contribution is 5.79. The van der Waals surface area contributed by atoms with Gasteiger partial charge in [-0.05, 0) is 18.1 Å². The lowest BCUT2D eigenvalue weighted by Gasteiger charge is -2.09. The number of carbonyl (C=O) groups is 1. The third kappa shape index (κ3) is 3.80. The van der Waals surface area contributed by atoms with Gasteiger partial charge in [0.1, 0.15) is 12.3 Å². The van der Waals surface area contributed by atoms with Crippen molar-refractivity contribution in [3.8, 4) is 11.8 Å². The van der Waals surface area contributed by atoms with Crippen molar-refractivity contribution in [3.05, 3.63) is 29.3 Å². The van der Waals surface area contributed by atoms with Gasteiger partial charge < -0.3 is 10.1 Å². The first-order valence-corrected chi connectivity index (χ1v) is 5.50. The zero-order chi connectivity index (χ0) is 12.7. The fraction of sp³-hybridized carbons (Fsp3) is 0.385. The minimum absolute atomic E-state index is 0.0363. The minimum Gasteiger partial charge on any atom is -0.496 e. The van der Waals surface area contributed by atoms with Gasteiger partial charge in [-0.2, -0.15) is 5.26 Å². The summed E-state index contributed by atoms with van der Waals surface area (Å²) in [5, 5.41) is 10.9. The molecule has 1 aromatic rings. The molecule has 1 amide bonds. The number of benzene rings is 1. The summed E-state index contributed by atoms with van der Waals surface area (Å²) in [5.74, 6) is 0.535. The highest BCUT2D eigenvalue weighted by Gasteiger charge is 2.08. The number of carbonyl (C=O) groups excluding carboxylic acids is 1. The van der Waals surface area contributed by atoms with Crippen LogP contribution in [0, 0.1) is 11.3 Å². The summed E-state index contributed by atoms with van der Waals surface area (Å²) in [6.07, 6.45) is 1.15. The molecular weight excluding hydrogens is 216 g/mol. The third-order valence-electron chi connectivity index (χ3n) is 2.47. The summed E-state index contributed by atoms with van der Waals surface area (Å²) < 4.78 is 5.21. The number of rotatable bonds is 5. The summed E-state index contributed by atoms with van der Waals surface area (Å²) in [4.78, 5) is 11.5. The Bertz CT molecular complexity index is 436. The Kier molecular flexibility index (Phi) is 5.02. The molecule has 0 spiro atoms. The Hall–Kier alpha value is -2.02. The van der Waals surface area contributed by atoms with Crippen molar-refractivity contribution in [2.45, 2.75) is 19.8 Å². The van der Waals surface area contributed by atoms with Crippen molar-refractivity contribution in [1.29, 1.82) is 5.26 Å². The first-order valence-electron chi connectivity index (χ1n) is 5.50. The predicted octanol–water partition coefficient (Wildman–Crippen LogP) is 1.44. The molecule has 0 atom stereocenters. The topological polar surface area (TPSA) is 62.1 Å². The fourth-order valence-electron chi connectivity index (χ4n) is 1.56. The monoisotopic (exact) mass is 232 g/mol. The molecule has 0 saturated heterocycles. The first kappa shape index (κ1) is 13.0. The average Bonchev–Trinajstić information content (AvgIpc) is 2.36. The van der Waals surface area contributed by atoms with Crippen LogP contribution >= 0.6 is 0 Å². The summed E-state index contributed by atoms with van der Waals surface area (Å²) in [6.45, 7) is 2.09. The maximum absolute atomic E-state index is 11.5. The molecule has 0 aliphatic carbocycles. The summed E-state index contributed by atoms with van der Waals surface area (Å²) >= 11 is 0. The van der Waals surface area contributed by atoms with Gasteiger partial charge in [0.05, 0.1) is 19.6 Å². The average molecular weight is 232 g/mol. The second-order valence-electron chi connectivity index (χ2n) is 3.61. The minimum atomic E-state index is -0.168. The van der Waals surface area contributed by atoms with Gasteiger partial charge in [-0.15, -0.1) is 0 Å². The van der Waals surface area contributed by atoms with Crippen LogP contribution in [0.1, 0.15) is 18.1 Å². The first-order chi connectivity index (χ1) is 8.21. The molecule has 0 bridgehead atoms. The Morgan fingerprint density at radius 2 is 2.29 bits per heavy atom. The highest BCUT2D eigenvalue weighted by Crippen LogP contribution is 2.20. The Labute approximate surface area is 101 Å². The lowest BCUT2D eigenvalue weighted by atomic mass is 10.0. The number of nitrogens with zero attached hydrogens (tertiary/aromatic N) is 1. The van der Waals surface area contributed by atoms with E-state index in [1.807, 2.05) is 24.3 Å². The third-order valence-corrected chi connectivity index (χ3v) is 2.47. The van der Waals surface area contributed by atoms with Crippen LogP contribution in [0.15, 0.2) is 18.2 Å². The number of amides is 1. The largest absolute Gasteiger partial charge is 0.496 e. The summed E-state index contributed by atoms with van der Waals surface area (Å²) in [6, 6.07) is 7.68. The van der Waals surface area contributed by atoms with Crippen LogP contribution in [0.2, 0.25) is 0 Å². The number of nitrogens with one attached hydrogen (secondary N) is 1. The molecule has 4 nitrogen and oxygen atoms in total. The molecule has 1 aromatic carbocycles. The number of hydrogen-bond acceptors (Lipinski definition) is 3. The number of aryl methyl sites for hydroxylation is 1. The Morgan fingerprint density at radius 3 is 2.88 bits per heavy atom. The summed E-state index contributed by atoms with van der Waals surface area (Å²) in [7, 11) is 1.58. The second kappa shape index (κ2) is 6.54. The van der Waals surface area contributed by atoms with Gasteiger partial charge in [0.25, 0.3) is 0 Å². The van der Waals surface area contributed by atoms with E-state index in [2.05, 4.69) is 12.2 Å². The quantitative estimate of drug-likeness (QED) is 0.781. The van der Waals surface area contributed by atoms with Crippen molar-refractivity contribution in [2.75, 3.05) is 13.7 Å². The molecule has 0 fully saturated rings. The highest BCUT2D eigenvalue weighted by atomic mass is 16.5. The SMILES string of the molecule is CCc1ccc(OC)c(CC(=O)NCC#N)c1. The van der Waals surface area contributed by atoms with Crippen molar-refractivity contribution in [3.63, 3.8) is 0 Å². The van der Waals surface area contributed by atoms with Crippen LogP contribution in [0.5, 0.6) is 5.75 Å². The van der Waals surface area contributed by atoms with E-state index in [9.17, 15) is 4.79 Å². The van der Waals surface area contributed by atoms with E-state index in [0.717, 1.165) is 17.5 Å². The molecule has 0 heterocycles. The second-order valence-corrected chi connectivity index (χ2v) is 3.61. The molecule has 90 valence electrons. The lowest BCUT2D eigenvalue weighted by molar-refractivity contribution is -0.120. The van der Waals surface area contributed by atoms with Gasteiger partial charge in [0.15, 0.2) is 0 Å². The van der Waals surface area contributed by atoms with E-state index in [-0.39, 0.29) is 18.9 Å². The van der Waals surface area contributed by atoms with Gasteiger partial charge >= 0.3 is 0 Å². The standard InChI is InChI=1S/C13H16N2O2/c1-3-10-4-5-12(17-2)11(8-10)9-13(16)15-7-6-14/h4-5,8H,3,7,9H2,1-2H3,(H,15,16). The van der Waals surface area contributed by atoms with E-state index in [1.165, 1.54) is 0 Å².